The third kappa shape index (κ3) is 12.1. The maximum Gasteiger partial charge on any atom is 0.330 e. The average Bonchev–Trinajstić information content (AvgIpc) is 2.73. The summed E-state index contributed by atoms with van der Waals surface area (Å²) in [5.74, 6) is -3.26. The number of esters is 2. The average molecular weight is 477 g/mol. The van der Waals surface area contributed by atoms with Gasteiger partial charge in [-0.3, -0.25) is 9.59 Å². The van der Waals surface area contributed by atoms with Gasteiger partial charge in [-0.15, -0.1) is 0 Å². The Bertz CT molecular complexity index is 631. The van der Waals surface area contributed by atoms with Gasteiger partial charge in [0.15, 0.2) is 12.4 Å². The summed E-state index contributed by atoms with van der Waals surface area (Å²) in [6.07, 6.45) is -5.26. The van der Waals surface area contributed by atoms with Crippen molar-refractivity contribution in [3.63, 3.8) is 0 Å². The highest BCUT2D eigenvalue weighted by molar-refractivity contribution is 5.82. The minimum atomic E-state index is -1.84. The van der Waals surface area contributed by atoms with E-state index in [1.54, 1.807) is 34.6 Å². The molecular weight excluding hydrogens is 436 g/mol. The van der Waals surface area contributed by atoms with E-state index in [9.17, 15) is 29.7 Å². The predicted octanol–water partition coefficient (Wildman–Crippen LogP) is 1.79. The zero-order chi connectivity index (χ0) is 25.7. The summed E-state index contributed by atoms with van der Waals surface area (Å²) in [7, 11) is 0. The number of allylic oxidation sites excluding steroid dienone is 1. The summed E-state index contributed by atoms with van der Waals surface area (Å²) in [5.41, 5.74) is 0. The van der Waals surface area contributed by atoms with Crippen LogP contribution in [0.15, 0.2) is 12.2 Å². The lowest BCUT2D eigenvalue weighted by Crippen LogP contribution is -2.50. The molecule has 0 heterocycles. The minimum Gasteiger partial charge on any atom is -0.481 e. The maximum absolute atomic E-state index is 12.3. The fourth-order valence-electron chi connectivity index (χ4n) is 2.82. The normalized spacial score (nSPS) is 17.4. The van der Waals surface area contributed by atoms with E-state index < -0.39 is 60.6 Å². The third-order valence-electron chi connectivity index (χ3n) is 4.98. The number of aliphatic hydroxyl groups is 3. The molecule has 0 spiro atoms. The van der Waals surface area contributed by atoms with Crippen molar-refractivity contribution < 1.29 is 49.0 Å². The van der Waals surface area contributed by atoms with Crippen molar-refractivity contribution in [3.8, 4) is 0 Å². The van der Waals surface area contributed by atoms with Crippen molar-refractivity contribution in [3.05, 3.63) is 12.2 Å². The van der Waals surface area contributed by atoms with Gasteiger partial charge in [-0.1, -0.05) is 47.6 Å². The van der Waals surface area contributed by atoms with Gasteiger partial charge < -0.3 is 34.6 Å². The molecule has 0 saturated heterocycles. The standard InChI is InChI=1S/C23H40O10/c1-7-9-10-18(26)33-22(21(29)20(28)14(5)6)23(30)31-15(8-2)11-19(27)32-16(13(3)4)12-17(24)25/h9-10,13-16,20-23,28-30H,7-8,11-12H2,1-6H3,(H,24,25). The lowest BCUT2D eigenvalue weighted by atomic mass is 9.97. The first-order valence-electron chi connectivity index (χ1n) is 11.3. The van der Waals surface area contributed by atoms with Gasteiger partial charge in [0, 0.05) is 6.08 Å². The van der Waals surface area contributed by atoms with E-state index in [4.69, 9.17) is 19.3 Å². The van der Waals surface area contributed by atoms with Crippen molar-refractivity contribution in [1.82, 2.24) is 0 Å². The van der Waals surface area contributed by atoms with E-state index in [-0.39, 0.29) is 25.2 Å². The highest BCUT2D eigenvalue weighted by Gasteiger charge is 2.38. The van der Waals surface area contributed by atoms with Crippen LogP contribution in [0.3, 0.4) is 0 Å². The number of rotatable bonds is 16. The van der Waals surface area contributed by atoms with E-state index in [0.29, 0.717) is 6.42 Å². The van der Waals surface area contributed by atoms with Gasteiger partial charge in [0.1, 0.15) is 12.2 Å². The summed E-state index contributed by atoms with van der Waals surface area (Å²) in [6.45, 7) is 10.2. The molecule has 6 unspecified atom stereocenters. The molecule has 0 aromatic carbocycles. The summed E-state index contributed by atoms with van der Waals surface area (Å²) in [5, 5.41) is 40.2. The van der Waals surface area contributed by atoms with Crippen LogP contribution in [0.1, 0.15) is 67.2 Å². The van der Waals surface area contributed by atoms with Crippen molar-refractivity contribution in [2.45, 2.75) is 104 Å². The number of hydrogen-bond acceptors (Lipinski definition) is 9. The Balaban J connectivity index is 5.34. The van der Waals surface area contributed by atoms with Crippen LogP contribution in [0, 0.1) is 11.8 Å². The van der Waals surface area contributed by atoms with Crippen LogP contribution in [-0.2, 0) is 28.6 Å². The fraction of sp³-hybridized carbons (Fsp3) is 0.783. The molecule has 0 radical (unpaired) electrons. The Kier molecular flexibility index (Phi) is 14.8. The molecule has 0 amide bonds. The summed E-state index contributed by atoms with van der Waals surface area (Å²) >= 11 is 0. The first-order valence-corrected chi connectivity index (χ1v) is 11.3. The fourth-order valence-corrected chi connectivity index (χ4v) is 2.82. The summed E-state index contributed by atoms with van der Waals surface area (Å²) in [6, 6.07) is 0. The van der Waals surface area contributed by atoms with E-state index in [1.807, 2.05) is 6.92 Å². The molecule has 33 heavy (non-hydrogen) atoms. The van der Waals surface area contributed by atoms with Crippen molar-refractivity contribution in [2.75, 3.05) is 0 Å². The van der Waals surface area contributed by atoms with Gasteiger partial charge in [-0.05, 0) is 24.7 Å². The maximum atomic E-state index is 12.3. The number of carbonyl (C=O) groups excluding carboxylic acids is 2. The SMILES string of the molecule is CCC=CC(=O)OC(C(O)OC(CC)CC(=O)OC(CC(=O)O)C(C)C)C(O)C(O)C(C)C. The molecule has 0 aromatic heterocycles. The molecule has 4 N–H and O–H groups in total. The Labute approximate surface area is 195 Å². The monoisotopic (exact) mass is 476 g/mol. The van der Waals surface area contributed by atoms with Gasteiger partial charge in [0.05, 0.1) is 25.0 Å². The Morgan fingerprint density at radius 3 is 1.94 bits per heavy atom. The molecule has 0 rings (SSSR count). The summed E-state index contributed by atoms with van der Waals surface area (Å²) < 4.78 is 15.9. The first-order chi connectivity index (χ1) is 15.3. The molecule has 0 aliphatic heterocycles. The van der Waals surface area contributed by atoms with Crippen LogP contribution >= 0.6 is 0 Å². The van der Waals surface area contributed by atoms with E-state index in [0.717, 1.165) is 6.08 Å². The lowest BCUT2D eigenvalue weighted by Gasteiger charge is -2.32. The topological polar surface area (TPSA) is 160 Å². The minimum absolute atomic E-state index is 0.218. The van der Waals surface area contributed by atoms with Crippen LogP contribution in [0.25, 0.3) is 0 Å². The molecule has 0 aliphatic carbocycles. The Morgan fingerprint density at radius 2 is 1.48 bits per heavy atom. The van der Waals surface area contributed by atoms with E-state index in [2.05, 4.69) is 0 Å². The highest BCUT2D eigenvalue weighted by atomic mass is 16.7. The van der Waals surface area contributed by atoms with Gasteiger partial charge in [-0.25, -0.2) is 4.79 Å². The number of hydrogen-bond donors (Lipinski definition) is 4. The molecule has 0 aliphatic rings. The Morgan fingerprint density at radius 1 is 0.879 bits per heavy atom. The predicted molar refractivity (Wildman–Crippen MR) is 119 cm³/mol. The number of carboxylic acids is 1. The molecule has 0 aromatic rings. The van der Waals surface area contributed by atoms with Crippen LogP contribution in [0.2, 0.25) is 0 Å². The number of ether oxygens (including phenoxy) is 3. The zero-order valence-corrected chi connectivity index (χ0v) is 20.3. The van der Waals surface area contributed by atoms with Crippen LogP contribution < -0.4 is 0 Å². The molecule has 10 heteroatoms. The van der Waals surface area contributed by atoms with Crippen LogP contribution in [-0.4, -0.2) is 75.1 Å². The zero-order valence-electron chi connectivity index (χ0n) is 20.3. The second kappa shape index (κ2) is 15.8. The largest absolute Gasteiger partial charge is 0.481 e. The van der Waals surface area contributed by atoms with E-state index >= 15 is 0 Å². The molecule has 10 nitrogen and oxygen atoms in total. The highest BCUT2D eigenvalue weighted by Crippen LogP contribution is 2.20. The molecular formula is C23H40O10. The van der Waals surface area contributed by atoms with Crippen molar-refractivity contribution >= 4 is 17.9 Å². The quantitative estimate of drug-likeness (QED) is 0.147. The van der Waals surface area contributed by atoms with Gasteiger partial charge in [0.2, 0.25) is 0 Å². The lowest BCUT2D eigenvalue weighted by molar-refractivity contribution is -0.234. The van der Waals surface area contributed by atoms with Crippen molar-refractivity contribution in [2.24, 2.45) is 11.8 Å². The second-order valence-corrected chi connectivity index (χ2v) is 8.57. The molecule has 0 fully saturated rings. The number of aliphatic hydroxyl groups excluding tert-OH is 3. The molecule has 0 saturated carbocycles. The second-order valence-electron chi connectivity index (χ2n) is 8.57. The smallest absolute Gasteiger partial charge is 0.330 e. The first kappa shape index (κ1) is 31.0. The number of carboxylic acid groups (broad SMARTS) is 1. The number of aliphatic carboxylic acids is 1. The van der Waals surface area contributed by atoms with Crippen LogP contribution in [0.5, 0.6) is 0 Å². The van der Waals surface area contributed by atoms with Crippen LogP contribution in [0.4, 0.5) is 0 Å². The van der Waals surface area contributed by atoms with Gasteiger partial charge in [-0.2, -0.15) is 0 Å². The Hall–Kier alpha value is -2.01. The van der Waals surface area contributed by atoms with Gasteiger partial charge in [0.25, 0.3) is 0 Å². The van der Waals surface area contributed by atoms with E-state index in [1.165, 1.54) is 6.08 Å². The molecule has 192 valence electrons. The third-order valence-corrected chi connectivity index (χ3v) is 4.98. The summed E-state index contributed by atoms with van der Waals surface area (Å²) in [4.78, 5) is 35.3. The van der Waals surface area contributed by atoms with Gasteiger partial charge >= 0.3 is 17.9 Å². The van der Waals surface area contributed by atoms with Crippen molar-refractivity contribution in [1.29, 1.82) is 0 Å². The molecule has 6 atom stereocenters. The molecule has 0 bridgehead atoms. The number of carbonyl (C=O) groups is 3.